The van der Waals surface area contributed by atoms with E-state index in [9.17, 15) is 0 Å². The van der Waals surface area contributed by atoms with Crippen molar-refractivity contribution in [1.29, 1.82) is 0 Å². The van der Waals surface area contributed by atoms with Gasteiger partial charge >= 0.3 is 0 Å². The molecule has 2 heteroatoms. The number of methoxy groups -OCH3 is 1. The zero-order valence-electron chi connectivity index (χ0n) is 12.8. The Labute approximate surface area is 114 Å². The molecule has 0 radical (unpaired) electrons. The first-order chi connectivity index (χ1) is 8.79. The van der Waals surface area contributed by atoms with Crippen molar-refractivity contribution in [2.45, 2.75) is 89.2 Å². The number of rotatable bonds is 9. The molecule has 0 spiro atoms. The van der Waals surface area contributed by atoms with Crippen LogP contribution in [0.4, 0.5) is 0 Å². The summed E-state index contributed by atoms with van der Waals surface area (Å²) in [5.41, 5.74) is 0.123. The fourth-order valence-electron chi connectivity index (χ4n) is 3.47. The first kappa shape index (κ1) is 16.0. The van der Waals surface area contributed by atoms with E-state index in [2.05, 4.69) is 19.3 Å². The van der Waals surface area contributed by atoms with Crippen LogP contribution >= 0.6 is 0 Å². The van der Waals surface area contributed by atoms with Crippen LogP contribution in [0.1, 0.15) is 77.6 Å². The van der Waals surface area contributed by atoms with Gasteiger partial charge in [0, 0.05) is 13.2 Å². The van der Waals surface area contributed by atoms with Crippen molar-refractivity contribution in [3.63, 3.8) is 0 Å². The normalized spacial score (nSPS) is 20.8. The third-order valence-electron chi connectivity index (χ3n) is 4.69. The van der Waals surface area contributed by atoms with Crippen LogP contribution < -0.4 is 5.32 Å². The van der Waals surface area contributed by atoms with Crippen LogP contribution in [0.3, 0.4) is 0 Å². The SMILES string of the molecule is CCCCCCCC(NC)C1(OC)CCCCC1. The Hall–Kier alpha value is -0.0800. The van der Waals surface area contributed by atoms with E-state index < -0.39 is 0 Å². The molecule has 1 N–H and O–H groups in total. The molecule has 0 aliphatic heterocycles. The second kappa shape index (κ2) is 8.92. The maximum absolute atomic E-state index is 5.95. The third-order valence-corrected chi connectivity index (χ3v) is 4.69. The van der Waals surface area contributed by atoms with Crippen LogP contribution in [0.2, 0.25) is 0 Å². The zero-order valence-corrected chi connectivity index (χ0v) is 12.8. The Bertz CT molecular complexity index is 199. The summed E-state index contributed by atoms with van der Waals surface area (Å²) in [6, 6.07) is 0.546. The standard InChI is InChI=1S/C16H33NO/c1-4-5-6-7-9-12-15(17-2)16(18-3)13-10-8-11-14-16/h15,17H,4-14H2,1-3H3. The highest BCUT2D eigenvalue weighted by molar-refractivity contribution is 4.94. The topological polar surface area (TPSA) is 21.3 Å². The van der Waals surface area contributed by atoms with Crippen molar-refractivity contribution in [1.82, 2.24) is 5.32 Å². The Morgan fingerprint density at radius 3 is 2.28 bits per heavy atom. The predicted molar refractivity (Wildman–Crippen MR) is 79.0 cm³/mol. The quantitative estimate of drug-likeness (QED) is 0.621. The van der Waals surface area contributed by atoms with E-state index in [1.165, 1.54) is 70.6 Å². The Morgan fingerprint density at radius 2 is 1.72 bits per heavy atom. The van der Waals surface area contributed by atoms with Crippen LogP contribution in [-0.2, 0) is 4.74 Å². The van der Waals surface area contributed by atoms with E-state index in [0.29, 0.717) is 6.04 Å². The minimum atomic E-state index is 0.123. The molecule has 2 nitrogen and oxygen atoms in total. The highest BCUT2D eigenvalue weighted by Gasteiger charge is 2.38. The van der Waals surface area contributed by atoms with Gasteiger partial charge in [-0.3, -0.25) is 0 Å². The molecule has 0 bridgehead atoms. The maximum atomic E-state index is 5.95. The van der Waals surface area contributed by atoms with E-state index in [1.54, 1.807) is 0 Å². The van der Waals surface area contributed by atoms with Gasteiger partial charge in [0.05, 0.1) is 5.60 Å². The van der Waals surface area contributed by atoms with Crippen molar-refractivity contribution in [2.75, 3.05) is 14.2 Å². The van der Waals surface area contributed by atoms with Gasteiger partial charge in [0.1, 0.15) is 0 Å². The first-order valence-electron chi connectivity index (χ1n) is 8.01. The summed E-state index contributed by atoms with van der Waals surface area (Å²) in [5, 5.41) is 3.53. The summed E-state index contributed by atoms with van der Waals surface area (Å²) in [4.78, 5) is 0. The fraction of sp³-hybridized carbons (Fsp3) is 1.00. The molecule has 18 heavy (non-hydrogen) atoms. The predicted octanol–water partition coefficient (Wildman–Crippen LogP) is 4.28. The Kier molecular flexibility index (Phi) is 7.92. The van der Waals surface area contributed by atoms with Gasteiger partial charge in [0.15, 0.2) is 0 Å². The van der Waals surface area contributed by atoms with Gasteiger partial charge in [-0.1, -0.05) is 58.3 Å². The smallest absolute Gasteiger partial charge is 0.0830 e. The number of hydrogen-bond acceptors (Lipinski definition) is 2. The second-order valence-corrected chi connectivity index (χ2v) is 5.87. The molecule has 0 aromatic carbocycles. The van der Waals surface area contributed by atoms with Crippen molar-refractivity contribution < 1.29 is 4.74 Å². The highest BCUT2D eigenvalue weighted by atomic mass is 16.5. The molecule has 0 aromatic rings. The van der Waals surface area contributed by atoms with Gasteiger partial charge in [0.25, 0.3) is 0 Å². The fourth-order valence-corrected chi connectivity index (χ4v) is 3.47. The van der Waals surface area contributed by atoms with Crippen molar-refractivity contribution in [3.05, 3.63) is 0 Å². The van der Waals surface area contributed by atoms with Gasteiger partial charge in [0.2, 0.25) is 0 Å². The molecule has 0 saturated heterocycles. The summed E-state index contributed by atoms with van der Waals surface area (Å²) in [5.74, 6) is 0. The number of hydrogen-bond donors (Lipinski definition) is 1. The van der Waals surface area contributed by atoms with E-state index in [-0.39, 0.29) is 5.60 Å². The summed E-state index contributed by atoms with van der Waals surface area (Å²) < 4.78 is 5.95. The molecule has 108 valence electrons. The summed E-state index contributed by atoms with van der Waals surface area (Å²) in [7, 11) is 4.01. The highest BCUT2D eigenvalue weighted by Crippen LogP contribution is 2.35. The van der Waals surface area contributed by atoms with Gasteiger partial charge in [-0.15, -0.1) is 0 Å². The van der Waals surface area contributed by atoms with Crippen LogP contribution in [0.25, 0.3) is 0 Å². The molecule has 1 fully saturated rings. The lowest BCUT2D eigenvalue weighted by Crippen LogP contribution is -2.52. The van der Waals surface area contributed by atoms with Crippen molar-refractivity contribution in [3.8, 4) is 0 Å². The van der Waals surface area contributed by atoms with Gasteiger partial charge in [-0.25, -0.2) is 0 Å². The average Bonchev–Trinajstić information content (AvgIpc) is 2.43. The summed E-state index contributed by atoms with van der Waals surface area (Å²) in [6.45, 7) is 2.28. The zero-order chi connectivity index (χ0) is 13.3. The third kappa shape index (κ3) is 4.55. The molecule has 1 unspecified atom stereocenters. The molecule has 1 rings (SSSR count). The van der Waals surface area contributed by atoms with Crippen molar-refractivity contribution in [2.24, 2.45) is 0 Å². The van der Waals surface area contributed by atoms with E-state index in [4.69, 9.17) is 4.74 Å². The molecular formula is C16H33NO. The minimum Gasteiger partial charge on any atom is -0.377 e. The molecular weight excluding hydrogens is 222 g/mol. The Balaban J connectivity index is 2.37. The van der Waals surface area contributed by atoms with Crippen LogP contribution in [0.5, 0.6) is 0 Å². The number of nitrogens with one attached hydrogen (secondary N) is 1. The van der Waals surface area contributed by atoms with Crippen LogP contribution in [-0.4, -0.2) is 25.8 Å². The monoisotopic (exact) mass is 255 g/mol. The number of unbranched alkanes of at least 4 members (excludes halogenated alkanes) is 4. The van der Waals surface area contributed by atoms with Crippen molar-refractivity contribution >= 4 is 0 Å². The van der Waals surface area contributed by atoms with E-state index in [0.717, 1.165) is 0 Å². The molecule has 0 aromatic heterocycles. The maximum Gasteiger partial charge on any atom is 0.0830 e. The van der Waals surface area contributed by atoms with Gasteiger partial charge < -0.3 is 10.1 Å². The molecule has 1 saturated carbocycles. The lowest BCUT2D eigenvalue weighted by molar-refractivity contribution is -0.0681. The molecule has 1 atom stereocenters. The first-order valence-corrected chi connectivity index (χ1v) is 8.01. The number of likely N-dealkylation sites (N-methyl/N-ethyl adjacent to an activating group) is 1. The number of ether oxygens (including phenoxy) is 1. The average molecular weight is 255 g/mol. The largest absolute Gasteiger partial charge is 0.377 e. The lowest BCUT2D eigenvalue weighted by atomic mass is 9.77. The Morgan fingerprint density at radius 1 is 1.06 bits per heavy atom. The molecule has 0 heterocycles. The van der Waals surface area contributed by atoms with Gasteiger partial charge in [-0.2, -0.15) is 0 Å². The van der Waals surface area contributed by atoms with E-state index in [1.807, 2.05) is 7.11 Å². The molecule has 0 amide bonds. The van der Waals surface area contributed by atoms with E-state index >= 15 is 0 Å². The van der Waals surface area contributed by atoms with Crippen LogP contribution in [0.15, 0.2) is 0 Å². The summed E-state index contributed by atoms with van der Waals surface area (Å²) >= 11 is 0. The second-order valence-electron chi connectivity index (χ2n) is 5.87. The molecule has 1 aliphatic rings. The van der Waals surface area contributed by atoms with Gasteiger partial charge in [-0.05, 0) is 26.3 Å². The molecule has 1 aliphatic carbocycles. The van der Waals surface area contributed by atoms with Crippen LogP contribution in [0, 0.1) is 0 Å². The summed E-state index contributed by atoms with van der Waals surface area (Å²) in [6.07, 6.45) is 14.6. The lowest BCUT2D eigenvalue weighted by Gasteiger charge is -2.42. The minimum absolute atomic E-state index is 0.123.